The molecule has 0 saturated carbocycles. The molecule has 0 aliphatic carbocycles. The SMILES string of the molecule is CCCNc1ncnc(NCC2CCCCS2)c1C(C)C. The summed E-state index contributed by atoms with van der Waals surface area (Å²) in [7, 11) is 0. The molecule has 118 valence electrons. The second-order valence-electron chi connectivity index (χ2n) is 5.94. The minimum absolute atomic E-state index is 0.409. The van der Waals surface area contributed by atoms with Crippen molar-refractivity contribution in [3.63, 3.8) is 0 Å². The Labute approximate surface area is 132 Å². The standard InChI is InChI=1S/C16H28N4S/c1-4-8-17-15-14(12(2)3)16(20-11-19-15)18-10-13-7-5-6-9-21-13/h11-13H,4-10H2,1-3H3,(H2,17,18,19,20). The maximum absolute atomic E-state index is 4.48. The van der Waals surface area contributed by atoms with Crippen molar-refractivity contribution < 1.29 is 0 Å². The lowest BCUT2D eigenvalue weighted by molar-refractivity contribution is 0.676. The topological polar surface area (TPSA) is 49.8 Å². The van der Waals surface area contributed by atoms with Gasteiger partial charge in [0.15, 0.2) is 0 Å². The summed E-state index contributed by atoms with van der Waals surface area (Å²) in [5.41, 5.74) is 1.21. The van der Waals surface area contributed by atoms with Gasteiger partial charge in [0.05, 0.1) is 0 Å². The van der Waals surface area contributed by atoms with E-state index in [0.717, 1.165) is 36.4 Å². The molecule has 2 heterocycles. The third kappa shape index (κ3) is 4.77. The molecule has 0 aromatic carbocycles. The zero-order chi connectivity index (χ0) is 15.1. The molecule has 1 fully saturated rings. The van der Waals surface area contributed by atoms with Crippen LogP contribution in [-0.2, 0) is 0 Å². The lowest BCUT2D eigenvalue weighted by Gasteiger charge is -2.23. The largest absolute Gasteiger partial charge is 0.370 e. The summed E-state index contributed by atoms with van der Waals surface area (Å²) in [5, 5.41) is 7.72. The van der Waals surface area contributed by atoms with Gasteiger partial charge in [0.1, 0.15) is 18.0 Å². The number of hydrogen-bond acceptors (Lipinski definition) is 5. The van der Waals surface area contributed by atoms with Crippen LogP contribution in [-0.4, -0.2) is 34.1 Å². The summed E-state index contributed by atoms with van der Waals surface area (Å²) in [4.78, 5) is 8.91. The van der Waals surface area contributed by atoms with Gasteiger partial charge in [-0.3, -0.25) is 0 Å². The Balaban J connectivity index is 2.06. The molecule has 2 rings (SSSR count). The molecule has 1 aromatic heterocycles. The van der Waals surface area contributed by atoms with Crippen LogP contribution in [0.1, 0.15) is 57.9 Å². The maximum Gasteiger partial charge on any atom is 0.135 e. The van der Waals surface area contributed by atoms with Crippen molar-refractivity contribution in [2.24, 2.45) is 0 Å². The van der Waals surface area contributed by atoms with Crippen LogP contribution in [0.3, 0.4) is 0 Å². The predicted octanol–water partition coefficient (Wildman–Crippen LogP) is 4.12. The Morgan fingerprint density at radius 1 is 1.24 bits per heavy atom. The van der Waals surface area contributed by atoms with E-state index in [4.69, 9.17) is 0 Å². The summed E-state index contributed by atoms with van der Waals surface area (Å²) in [5.74, 6) is 3.70. The van der Waals surface area contributed by atoms with Gasteiger partial charge < -0.3 is 10.6 Å². The van der Waals surface area contributed by atoms with Crippen molar-refractivity contribution in [1.82, 2.24) is 9.97 Å². The molecule has 0 amide bonds. The number of thioether (sulfide) groups is 1. The van der Waals surface area contributed by atoms with Gasteiger partial charge in [-0.2, -0.15) is 11.8 Å². The van der Waals surface area contributed by atoms with Gasteiger partial charge in [0.2, 0.25) is 0 Å². The summed E-state index contributed by atoms with van der Waals surface area (Å²) in [6.07, 6.45) is 6.82. The smallest absolute Gasteiger partial charge is 0.135 e. The zero-order valence-electron chi connectivity index (χ0n) is 13.5. The van der Waals surface area contributed by atoms with E-state index < -0.39 is 0 Å². The van der Waals surface area contributed by atoms with Crippen molar-refractivity contribution in [1.29, 1.82) is 0 Å². The number of nitrogens with zero attached hydrogens (tertiary/aromatic N) is 2. The average Bonchev–Trinajstić information content (AvgIpc) is 2.51. The molecule has 0 radical (unpaired) electrons. The van der Waals surface area contributed by atoms with E-state index in [-0.39, 0.29) is 0 Å². The first-order valence-electron chi connectivity index (χ1n) is 8.16. The van der Waals surface area contributed by atoms with Crippen LogP contribution in [0.4, 0.5) is 11.6 Å². The first kappa shape index (κ1) is 16.4. The van der Waals surface area contributed by atoms with E-state index in [1.165, 1.54) is 30.6 Å². The Kier molecular flexibility index (Phi) is 6.61. The van der Waals surface area contributed by atoms with Crippen molar-refractivity contribution in [3.05, 3.63) is 11.9 Å². The third-order valence-corrected chi connectivity index (χ3v) is 5.17. The van der Waals surface area contributed by atoms with E-state index in [1.54, 1.807) is 6.33 Å². The van der Waals surface area contributed by atoms with Crippen LogP contribution in [0.5, 0.6) is 0 Å². The van der Waals surface area contributed by atoms with Crippen molar-refractivity contribution in [3.8, 4) is 0 Å². The van der Waals surface area contributed by atoms with Gasteiger partial charge >= 0.3 is 0 Å². The molecule has 4 nitrogen and oxygen atoms in total. The van der Waals surface area contributed by atoms with E-state index in [1.807, 2.05) is 0 Å². The first-order valence-corrected chi connectivity index (χ1v) is 9.21. The van der Waals surface area contributed by atoms with Crippen molar-refractivity contribution >= 4 is 23.4 Å². The van der Waals surface area contributed by atoms with Gasteiger partial charge in [0, 0.05) is 23.9 Å². The highest BCUT2D eigenvalue weighted by Crippen LogP contribution is 2.30. The fourth-order valence-electron chi connectivity index (χ4n) is 2.65. The van der Waals surface area contributed by atoms with Gasteiger partial charge in [0.25, 0.3) is 0 Å². The highest BCUT2D eigenvalue weighted by atomic mass is 32.2. The number of hydrogen-bond donors (Lipinski definition) is 2. The molecule has 1 aromatic rings. The normalized spacial score (nSPS) is 18.8. The average molecular weight is 308 g/mol. The van der Waals surface area contributed by atoms with E-state index >= 15 is 0 Å². The molecule has 5 heteroatoms. The Bertz CT molecular complexity index is 430. The van der Waals surface area contributed by atoms with E-state index in [0.29, 0.717) is 5.92 Å². The minimum Gasteiger partial charge on any atom is -0.370 e. The van der Waals surface area contributed by atoms with Crippen molar-refractivity contribution in [2.45, 2.75) is 57.6 Å². The molecule has 1 aliphatic rings. The van der Waals surface area contributed by atoms with Crippen LogP contribution >= 0.6 is 11.8 Å². The predicted molar refractivity (Wildman–Crippen MR) is 93.5 cm³/mol. The van der Waals surface area contributed by atoms with Gasteiger partial charge in [-0.15, -0.1) is 0 Å². The fraction of sp³-hybridized carbons (Fsp3) is 0.750. The maximum atomic E-state index is 4.48. The molecule has 0 spiro atoms. The van der Waals surface area contributed by atoms with Crippen LogP contribution < -0.4 is 10.6 Å². The summed E-state index contributed by atoms with van der Waals surface area (Å²) in [6, 6.07) is 0. The molecule has 1 atom stereocenters. The number of aromatic nitrogens is 2. The lowest BCUT2D eigenvalue weighted by atomic mass is 10.0. The fourth-order valence-corrected chi connectivity index (χ4v) is 3.89. The molecular weight excluding hydrogens is 280 g/mol. The van der Waals surface area contributed by atoms with Crippen LogP contribution in [0.15, 0.2) is 6.33 Å². The third-order valence-electron chi connectivity index (χ3n) is 3.77. The molecule has 2 N–H and O–H groups in total. The minimum atomic E-state index is 0.409. The highest BCUT2D eigenvalue weighted by Gasteiger charge is 2.17. The second kappa shape index (κ2) is 8.47. The van der Waals surface area contributed by atoms with E-state index in [9.17, 15) is 0 Å². The Morgan fingerprint density at radius 3 is 2.62 bits per heavy atom. The quantitative estimate of drug-likeness (QED) is 0.793. The number of rotatable bonds is 7. The van der Waals surface area contributed by atoms with Crippen molar-refractivity contribution in [2.75, 3.05) is 29.5 Å². The highest BCUT2D eigenvalue weighted by molar-refractivity contribution is 7.99. The first-order chi connectivity index (χ1) is 10.2. The summed E-state index contributed by atoms with van der Waals surface area (Å²) < 4.78 is 0. The number of anilines is 2. The summed E-state index contributed by atoms with van der Waals surface area (Å²) in [6.45, 7) is 8.54. The van der Waals surface area contributed by atoms with Gasteiger partial charge in [-0.05, 0) is 30.9 Å². The molecule has 0 bridgehead atoms. The van der Waals surface area contributed by atoms with Crippen LogP contribution in [0.25, 0.3) is 0 Å². The van der Waals surface area contributed by atoms with Gasteiger partial charge in [-0.25, -0.2) is 9.97 Å². The monoisotopic (exact) mass is 308 g/mol. The molecule has 1 unspecified atom stereocenters. The number of nitrogens with one attached hydrogen (secondary N) is 2. The van der Waals surface area contributed by atoms with E-state index in [2.05, 4.69) is 53.1 Å². The lowest BCUT2D eigenvalue weighted by Crippen LogP contribution is -2.22. The molecule has 21 heavy (non-hydrogen) atoms. The molecular formula is C16H28N4S. The van der Waals surface area contributed by atoms with Crippen LogP contribution in [0.2, 0.25) is 0 Å². The molecule has 1 aliphatic heterocycles. The summed E-state index contributed by atoms with van der Waals surface area (Å²) >= 11 is 2.09. The second-order valence-corrected chi connectivity index (χ2v) is 7.34. The zero-order valence-corrected chi connectivity index (χ0v) is 14.3. The Morgan fingerprint density at radius 2 is 2.00 bits per heavy atom. The molecule has 1 saturated heterocycles. The van der Waals surface area contributed by atoms with Crippen LogP contribution in [0, 0.1) is 0 Å². The Hall–Kier alpha value is -0.970. The van der Waals surface area contributed by atoms with Gasteiger partial charge in [-0.1, -0.05) is 27.2 Å².